The van der Waals surface area contributed by atoms with Gasteiger partial charge in [0.1, 0.15) is 0 Å². The van der Waals surface area contributed by atoms with Crippen LogP contribution in [0.25, 0.3) is 112 Å². The summed E-state index contributed by atoms with van der Waals surface area (Å²) in [5.74, 6) is 28.7. The Balaban J connectivity index is 0.000000207. The Labute approximate surface area is 850 Å². The molecular weight excluding hydrogens is 2560 g/mol. The van der Waals surface area contributed by atoms with Crippen molar-refractivity contribution in [3.8, 4) is 112 Å². The molecule has 0 spiro atoms. The van der Waals surface area contributed by atoms with E-state index in [0.717, 1.165) is 113 Å². The Morgan fingerprint density at radius 2 is 0.477 bits per heavy atom. The van der Waals surface area contributed by atoms with Crippen molar-refractivity contribution >= 4 is 70.6 Å². The normalized spacial score (nSPS) is 10.5. The molecule has 0 saturated heterocycles. The molecule has 0 aliphatic rings. The van der Waals surface area contributed by atoms with Gasteiger partial charge in [0.05, 0.1) is 0 Å². The fourth-order valence-corrected chi connectivity index (χ4v) is 21.9. The van der Waals surface area contributed by atoms with E-state index < -0.39 is 53.1 Å². The topological polar surface area (TPSA) is 103 Å². The van der Waals surface area contributed by atoms with Gasteiger partial charge in [0.2, 0.25) is 0 Å². The van der Waals surface area contributed by atoms with Crippen molar-refractivity contribution in [2.75, 3.05) is 0 Å². The van der Waals surface area contributed by atoms with Gasteiger partial charge in [0, 0.05) is 103 Å². The van der Waals surface area contributed by atoms with Crippen molar-refractivity contribution in [2.45, 2.75) is 96.8 Å². The van der Waals surface area contributed by atoms with Gasteiger partial charge < -0.3 is 19.9 Å². The van der Waals surface area contributed by atoms with Crippen molar-refractivity contribution in [2.24, 2.45) is 0 Å². The van der Waals surface area contributed by atoms with Crippen LogP contribution in [0.3, 0.4) is 0 Å². The van der Waals surface area contributed by atoms with Crippen LogP contribution in [0.2, 0.25) is 69.1 Å². The third-order valence-electron chi connectivity index (χ3n) is 20.4. The quantitative estimate of drug-likeness (QED) is 0.0784. The molecule has 0 unspecified atom stereocenters. The third-order valence-corrected chi connectivity index (χ3v) is 37.4. The van der Waals surface area contributed by atoms with E-state index in [-0.39, 0.29) is 80.4 Å². The minimum absolute atomic E-state index is 0. The average molecular weight is 2680 g/mol. The van der Waals surface area contributed by atoms with E-state index in [1.807, 2.05) is 283 Å². The van der Waals surface area contributed by atoms with Gasteiger partial charge in [-0.2, -0.15) is 0 Å². The van der Waals surface area contributed by atoms with Crippen LogP contribution in [0.5, 0.6) is 0 Å². The van der Waals surface area contributed by atoms with Gasteiger partial charge in [-0.25, -0.2) is 0 Å². The molecule has 0 bridgehead atoms. The van der Waals surface area contributed by atoms with Crippen molar-refractivity contribution in [3.05, 3.63) is 460 Å². The van der Waals surface area contributed by atoms with Gasteiger partial charge in [-0.3, -0.25) is 0 Å². The summed E-state index contributed by atoms with van der Waals surface area (Å²) >= 11 is -7.03. The Morgan fingerprint density at radius 3 is 0.758 bits per heavy atom. The first kappa shape index (κ1) is 109. The number of aromatic nitrogens is 8. The molecule has 676 valence electrons. The minimum atomic E-state index is -1.79. The first-order valence-electron chi connectivity index (χ1n) is 43.3. The summed E-state index contributed by atoms with van der Waals surface area (Å²) in [5.41, 5.74) is 25.4. The molecule has 8 heterocycles. The molecule has 132 heavy (non-hydrogen) atoms. The van der Waals surface area contributed by atoms with E-state index in [9.17, 15) is 0 Å². The predicted octanol–water partition coefficient (Wildman–Crippen LogP) is 27.1. The van der Waals surface area contributed by atoms with Gasteiger partial charge in [0.25, 0.3) is 0 Å². The van der Waals surface area contributed by atoms with Crippen molar-refractivity contribution < 1.29 is 80.4 Å². The average Bonchev–Trinajstić information content (AvgIpc) is 0.833. The zero-order chi connectivity index (χ0) is 90.7. The number of nitrogens with zero attached hydrogens (tertiary/aromatic N) is 8. The Hall–Kier alpha value is -9.83. The first-order valence-corrected chi connectivity index (χ1v) is 72.6. The number of aryl methyl sites for hydroxylation is 4. The van der Waals surface area contributed by atoms with Crippen LogP contribution in [0.4, 0.5) is 0 Å². The molecule has 4 radical (unpaired) electrons. The second-order valence-electron chi connectivity index (χ2n) is 34.8. The maximum atomic E-state index is 4.67. The zero-order valence-electron chi connectivity index (χ0n) is 77.9. The molecule has 0 amide bonds. The van der Waals surface area contributed by atoms with E-state index in [4.69, 9.17) is 0 Å². The maximum absolute atomic E-state index is 4.67. The monoisotopic (exact) mass is 2680 g/mol. The number of rotatable bonds is 14. The molecule has 10 aromatic carbocycles. The predicted molar refractivity (Wildman–Crippen MR) is 550 cm³/mol. The second kappa shape index (κ2) is 55.1. The summed E-state index contributed by atoms with van der Waals surface area (Å²) < 4.78 is 5.80. The molecule has 0 fully saturated rings. The van der Waals surface area contributed by atoms with Crippen LogP contribution in [-0.4, -0.2) is 92.9 Å². The number of pyridine rings is 8. The third kappa shape index (κ3) is 35.9. The molecule has 18 rings (SSSR count). The molecular formula is C116H112Ge4Ir4N8-8. The Morgan fingerprint density at radius 1 is 0.189 bits per heavy atom. The molecule has 0 aliphatic heterocycles. The van der Waals surface area contributed by atoms with Crippen LogP contribution in [0, 0.1) is 76.2 Å². The molecule has 8 nitrogen and oxygen atoms in total. The molecule has 16 heteroatoms. The second-order valence-corrected chi connectivity index (χ2v) is 77.4. The minimum Gasteiger partial charge on any atom is 0 e. The molecule has 18 aromatic rings. The van der Waals surface area contributed by atoms with E-state index in [2.05, 4.69) is 291 Å². The van der Waals surface area contributed by atoms with Crippen LogP contribution in [0.1, 0.15) is 22.8 Å². The summed E-state index contributed by atoms with van der Waals surface area (Å²) in [6.45, 7) is 7.97. The molecule has 0 N–H and O–H groups in total. The van der Waals surface area contributed by atoms with E-state index in [0.29, 0.717) is 0 Å². The largest absolute Gasteiger partial charge is 0 e. The standard InChI is InChI=1S/2C20H20GeN.2C14H16GeN.4C12H10N.4Ir/c1-21(2,3)19-12-13-20(22-15-19)18-11-7-10-17(14-18)16-8-5-4-6-9-16;1-21(2,3)19-13-14-20(22-15-19)18-11-9-17(10-12-18)16-7-5-4-6-8-16;1-15(2,3)13-9-10-16-14(11-13)12-7-5-4-6-8-12;1-15(2,3)13-9-10-14(16-11-13)12-7-5-4-6-8-12;4*1-10-6-5-9-12(13-10)11-7-3-2-4-8-11;;;;/h4-10,12-15H,1-3H3;4-11,13-15H,1-3H3;2*4-7,9-11H,1-3H3;4*2-7,9H,1H3;;;;/q8*-1;;;;. The summed E-state index contributed by atoms with van der Waals surface area (Å²) in [4.78, 5) is 35.9. The van der Waals surface area contributed by atoms with Gasteiger partial charge in [-0.1, -0.05) is 48.5 Å². The smallest absolute Gasteiger partial charge is 0 e. The van der Waals surface area contributed by atoms with E-state index >= 15 is 0 Å². The van der Waals surface area contributed by atoms with Crippen molar-refractivity contribution in [1.29, 1.82) is 0 Å². The summed E-state index contributed by atoms with van der Waals surface area (Å²) in [6.07, 6.45) is 8.06. The fraction of sp³-hybridized carbons (Fsp3) is 0.138. The Bertz CT molecular complexity index is 6020. The van der Waals surface area contributed by atoms with Gasteiger partial charge in [0.15, 0.2) is 0 Å². The molecule has 0 aliphatic carbocycles. The molecule has 0 atom stereocenters. The van der Waals surface area contributed by atoms with Crippen LogP contribution < -0.4 is 17.6 Å². The number of hydrogen-bond acceptors (Lipinski definition) is 8. The van der Waals surface area contributed by atoms with Crippen molar-refractivity contribution in [3.63, 3.8) is 0 Å². The summed E-state index contributed by atoms with van der Waals surface area (Å²) in [6, 6.07) is 148. The number of benzene rings is 10. The van der Waals surface area contributed by atoms with E-state index in [1.165, 1.54) is 39.8 Å². The van der Waals surface area contributed by atoms with Crippen LogP contribution >= 0.6 is 0 Å². The van der Waals surface area contributed by atoms with Crippen LogP contribution in [0.15, 0.2) is 389 Å². The van der Waals surface area contributed by atoms with E-state index in [1.54, 1.807) is 0 Å². The van der Waals surface area contributed by atoms with Gasteiger partial charge in [-0.15, -0.1) is 144 Å². The molecule has 8 aromatic heterocycles. The summed E-state index contributed by atoms with van der Waals surface area (Å²) in [5, 5.41) is 0. The zero-order valence-corrected chi connectivity index (χ0v) is 95.8. The molecule has 0 saturated carbocycles. The number of hydrogen-bond donors (Lipinski definition) is 0. The van der Waals surface area contributed by atoms with Gasteiger partial charge in [-0.05, 0) is 74.7 Å². The summed E-state index contributed by atoms with van der Waals surface area (Å²) in [7, 11) is 0. The Kier molecular flexibility index (Phi) is 45.6. The van der Waals surface area contributed by atoms with Gasteiger partial charge >= 0.3 is 470 Å². The SMILES string of the molecule is Cc1cccc(-c2[c-]cccc2)n1.Cc1cccc(-c2[c-]cccc2)n1.Cc1cccc(-c2[c-]cccc2)n1.Cc1cccc(-c2[c-]cccc2)n1.[CH3][Ge]([CH3])([CH3])[c]1ccc(-c2[c-]cc(-c3ccccc3)cc2)nc1.[CH3][Ge]([CH3])([CH3])[c]1ccc(-c2[c-]ccc(-c3ccccc3)c2)nc1.[CH3][Ge]([CH3])([CH3])[c]1ccc(-c2[c-]cccc2)nc1.[CH3][Ge]([CH3])([CH3])[c]1ccnc(-c2[c-]cccc2)c1.[Ir].[Ir].[Ir].[Ir]. The maximum Gasteiger partial charge on any atom is 0 e. The fourth-order valence-electron chi connectivity index (χ4n) is 12.9. The van der Waals surface area contributed by atoms with Crippen molar-refractivity contribution in [1.82, 2.24) is 39.9 Å². The first-order chi connectivity index (χ1) is 61.7. The van der Waals surface area contributed by atoms with Crippen LogP contribution in [-0.2, 0) is 80.4 Å².